The number of carbonyl (C=O) groups excluding carboxylic acids is 1. The van der Waals surface area contributed by atoms with Crippen molar-refractivity contribution in [3.05, 3.63) is 59.2 Å². The van der Waals surface area contributed by atoms with E-state index in [-0.39, 0.29) is 5.91 Å². The lowest BCUT2D eigenvalue weighted by Gasteiger charge is -2.11. The molecule has 0 spiro atoms. The molecular weight excluding hydrogens is 408 g/mol. The van der Waals surface area contributed by atoms with E-state index in [4.69, 9.17) is 9.72 Å². The van der Waals surface area contributed by atoms with Gasteiger partial charge in [-0.05, 0) is 62.7 Å². The predicted molar refractivity (Wildman–Crippen MR) is 128 cm³/mol. The Morgan fingerprint density at radius 1 is 1.00 bits per heavy atom. The van der Waals surface area contributed by atoms with Gasteiger partial charge in [0, 0.05) is 28.7 Å². The first-order valence-corrected chi connectivity index (χ1v) is 10.9. The standard InChI is InChI=1S/C24H24N4O2S/c1-5-30-20-12-6-17(7-13-20)21-14(2)31-24-22(21)23(25-15(3)26-24)28-19-10-8-18(9-11-19)27-16(4)29/h6-13H,5H2,1-4H3,(H,27,29)(H,25,26,28). The normalized spacial score (nSPS) is 10.8. The largest absolute Gasteiger partial charge is 0.494 e. The molecule has 158 valence electrons. The number of aromatic nitrogens is 2. The van der Waals surface area contributed by atoms with Gasteiger partial charge in [0.15, 0.2) is 0 Å². The summed E-state index contributed by atoms with van der Waals surface area (Å²) in [4.78, 5) is 22.8. The number of benzene rings is 2. The van der Waals surface area contributed by atoms with Crippen LogP contribution in [0, 0.1) is 13.8 Å². The fraction of sp³-hybridized carbons (Fsp3) is 0.208. The molecule has 4 rings (SSSR count). The molecule has 4 aromatic rings. The number of hydrogen-bond acceptors (Lipinski definition) is 6. The lowest BCUT2D eigenvalue weighted by molar-refractivity contribution is -0.114. The van der Waals surface area contributed by atoms with E-state index < -0.39 is 0 Å². The van der Waals surface area contributed by atoms with E-state index in [1.165, 1.54) is 11.8 Å². The molecule has 0 unspecified atom stereocenters. The van der Waals surface area contributed by atoms with Gasteiger partial charge in [-0.1, -0.05) is 12.1 Å². The highest BCUT2D eigenvalue weighted by Crippen LogP contribution is 2.41. The zero-order valence-electron chi connectivity index (χ0n) is 17.9. The molecule has 7 heteroatoms. The van der Waals surface area contributed by atoms with E-state index >= 15 is 0 Å². The summed E-state index contributed by atoms with van der Waals surface area (Å²) in [6.45, 7) is 8.12. The number of thiophene rings is 1. The van der Waals surface area contributed by atoms with Crippen LogP contribution in [0.2, 0.25) is 0 Å². The van der Waals surface area contributed by atoms with Gasteiger partial charge in [-0.2, -0.15) is 0 Å². The molecule has 6 nitrogen and oxygen atoms in total. The zero-order chi connectivity index (χ0) is 22.0. The minimum Gasteiger partial charge on any atom is -0.494 e. The highest BCUT2D eigenvalue weighted by Gasteiger charge is 2.18. The summed E-state index contributed by atoms with van der Waals surface area (Å²) in [5, 5.41) is 7.23. The Hall–Kier alpha value is -3.45. The van der Waals surface area contributed by atoms with Gasteiger partial charge in [0.25, 0.3) is 0 Å². The number of nitrogens with one attached hydrogen (secondary N) is 2. The lowest BCUT2D eigenvalue weighted by atomic mass is 10.0. The van der Waals surface area contributed by atoms with Gasteiger partial charge in [0.2, 0.25) is 5.91 Å². The maximum Gasteiger partial charge on any atom is 0.221 e. The Morgan fingerprint density at radius 2 is 1.68 bits per heavy atom. The quantitative estimate of drug-likeness (QED) is 0.386. The van der Waals surface area contributed by atoms with Crippen molar-refractivity contribution in [1.29, 1.82) is 0 Å². The van der Waals surface area contributed by atoms with Crippen LogP contribution in [0.15, 0.2) is 48.5 Å². The number of aryl methyl sites for hydroxylation is 2. The second-order valence-electron chi connectivity index (χ2n) is 7.17. The minimum absolute atomic E-state index is 0.0948. The van der Waals surface area contributed by atoms with E-state index in [9.17, 15) is 4.79 Å². The van der Waals surface area contributed by atoms with Gasteiger partial charge in [0.05, 0.1) is 12.0 Å². The molecule has 2 aromatic carbocycles. The van der Waals surface area contributed by atoms with Crippen molar-refractivity contribution in [2.45, 2.75) is 27.7 Å². The van der Waals surface area contributed by atoms with Crippen molar-refractivity contribution in [2.24, 2.45) is 0 Å². The molecule has 0 radical (unpaired) electrons. The number of fused-ring (bicyclic) bond motifs is 1. The molecule has 1 amide bonds. The van der Waals surface area contributed by atoms with Gasteiger partial charge in [-0.3, -0.25) is 4.79 Å². The summed E-state index contributed by atoms with van der Waals surface area (Å²) >= 11 is 1.67. The average molecular weight is 433 g/mol. The molecule has 0 aliphatic carbocycles. The summed E-state index contributed by atoms with van der Waals surface area (Å²) in [6, 6.07) is 15.7. The summed E-state index contributed by atoms with van der Waals surface area (Å²) in [5.74, 6) is 2.24. The van der Waals surface area contributed by atoms with Gasteiger partial charge in [0.1, 0.15) is 22.2 Å². The maximum absolute atomic E-state index is 11.3. The first-order chi connectivity index (χ1) is 14.9. The Bertz CT molecular complexity index is 1230. The van der Waals surface area contributed by atoms with E-state index in [1.807, 2.05) is 50.2 Å². The van der Waals surface area contributed by atoms with Crippen LogP contribution in [-0.2, 0) is 4.79 Å². The van der Waals surface area contributed by atoms with Crippen molar-refractivity contribution < 1.29 is 9.53 Å². The Labute approximate surface area is 185 Å². The van der Waals surface area contributed by atoms with Gasteiger partial charge < -0.3 is 15.4 Å². The van der Waals surface area contributed by atoms with Crippen molar-refractivity contribution >= 4 is 44.7 Å². The van der Waals surface area contributed by atoms with Crippen LogP contribution in [0.5, 0.6) is 5.75 Å². The van der Waals surface area contributed by atoms with Gasteiger partial charge >= 0.3 is 0 Å². The molecule has 0 aliphatic rings. The smallest absolute Gasteiger partial charge is 0.221 e. The molecule has 0 aliphatic heterocycles. The summed E-state index contributed by atoms with van der Waals surface area (Å²) in [6.07, 6.45) is 0. The molecule has 0 saturated heterocycles. The monoisotopic (exact) mass is 432 g/mol. The van der Waals surface area contributed by atoms with Crippen LogP contribution in [0.1, 0.15) is 24.5 Å². The second kappa shape index (κ2) is 8.73. The summed E-state index contributed by atoms with van der Waals surface area (Å²) in [7, 11) is 0. The van der Waals surface area contributed by atoms with Crippen molar-refractivity contribution in [2.75, 3.05) is 17.2 Å². The molecule has 2 aromatic heterocycles. The lowest BCUT2D eigenvalue weighted by Crippen LogP contribution is -2.05. The minimum atomic E-state index is -0.0948. The number of rotatable bonds is 6. The molecular formula is C24H24N4O2S. The van der Waals surface area contributed by atoms with Crippen LogP contribution in [0.4, 0.5) is 17.2 Å². The van der Waals surface area contributed by atoms with Gasteiger partial charge in [-0.25, -0.2) is 9.97 Å². The molecule has 31 heavy (non-hydrogen) atoms. The number of nitrogens with zero attached hydrogens (tertiary/aromatic N) is 2. The van der Waals surface area contributed by atoms with Crippen LogP contribution in [0.3, 0.4) is 0 Å². The Morgan fingerprint density at radius 3 is 2.32 bits per heavy atom. The first kappa shape index (κ1) is 20.8. The number of hydrogen-bond donors (Lipinski definition) is 2. The maximum atomic E-state index is 11.3. The number of amides is 1. The van der Waals surface area contributed by atoms with E-state index in [1.54, 1.807) is 11.3 Å². The molecule has 0 fully saturated rings. The van der Waals surface area contributed by atoms with Crippen molar-refractivity contribution in [3.63, 3.8) is 0 Å². The Kier molecular flexibility index (Phi) is 5.86. The molecule has 0 saturated carbocycles. The third-order valence-corrected chi connectivity index (χ3v) is 5.76. The third kappa shape index (κ3) is 4.51. The zero-order valence-corrected chi connectivity index (χ0v) is 18.8. The fourth-order valence-electron chi connectivity index (χ4n) is 3.52. The second-order valence-corrected chi connectivity index (χ2v) is 8.38. The third-order valence-electron chi connectivity index (χ3n) is 4.76. The highest BCUT2D eigenvalue weighted by molar-refractivity contribution is 7.19. The molecule has 0 bridgehead atoms. The van der Waals surface area contributed by atoms with Crippen LogP contribution in [-0.4, -0.2) is 22.5 Å². The predicted octanol–water partition coefficient (Wildman–Crippen LogP) is 6.08. The van der Waals surface area contributed by atoms with E-state index in [0.29, 0.717) is 12.4 Å². The average Bonchev–Trinajstić information content (AvgIpc) is 3.05. The Balaban J connectivity index is 1.76. The number of anilines is 3. The van der Waals surface area contributed by atoms with Crippen LogP contribution in [0.25, 0.3) is 21.3 Å². The van der Waals surface area contributed by atoms with E-state index in [0.717, 1.165) is 44.3 Å². The topological polar surface area (TPSA) is 76.1 Å². The molecule has 2 N–H and O–H groups in total. The van der Waals surface area contributed by atoms with Crippen LogP contribution < -0.4 is 15.4 Å². The number of ether oxygens (including phenoxy) is 1. The van der Waals surface area contributed by atoms with E-state index in [2.05, 4.69) is 34.7 Å². The highest BCUT2D eigenvalue weighted by atomic mass is 32.1. The molecule has 0 atom stereocenters. The summed E-state index contributed by atoms with van der Waals surface area (Å²) in [5.41, 5.74) is 3.86. The van der Waals surface area contributed by atoms with Crippen molar-refractivity contribution in [1.82, 2.24) is 9.97 Å². The number of carbonyl (C=O) groups is 1. The summed E-state index contributed by atoms with van der Waals surface area (Å²) < 4.78 is 5.59. The van der Waals surface area contributed by atoms with Gasteiger partial charge in [-0.15, -0.1) is 11.3 Å². The van der Waals surface area contributed by atoms with Crippen molar-refractivity contribution in [3.8, 4) is 16.9 Å². The fourth-order valence-corrected chi connectivity index (χ4v) is 4.61. The molecule has 2 heterocycles. The SMILES string of the molecule is CCOc1ccc(-c2c(C)sc3nc(C)nc(Nc4ccc(NC(C)=O)cc4)c23)cc1. The van der Waals surface area contributed by atoms with Crippen LogP contribution >= 0.6 is 11.3 Å². The first-order valence-electron chi connectivity index (χ1n) is 10.1.